The van der Waals surface area contributed by atoms with Crippen LogP contribution < -0.4 is 9.80 Å². The minimum absolute atomic E-state index is 1.12. The van der Waals surface area contributed by atoms with Crippen molar-refractivity contribution < 1.29 is 0 Å². The number of hydrogen-bond acceptors (Lipinski definition) is 2. The second-order valence-corrected chi connectivity index (χ2v) is 16.5. The van der Waals surface area contributed by atoms with Crippen LogP contribution in [-0.4, -0.2) is 8.80 Å². The fourth-order valence-corrected chi connectivity index (χ4v) is 10.9. The Balaban J connectivity index is 1.16. The highest BCUT2D eigenvalue weighted by atomic mass is 15.2. The summed E-state index contributed by atoms with van der Waals surface area (Å²) in [5.74, 6) is 0. The largest absolute Gasteiger partial charge is 0.308 e. The number of hydrogen-bond donors (Lipinski definition) is 0. The maximum Gasteiger partial charge on any atom is 0.0783 e. The van der Waals surface area contributed by atoms with Crippen molar-refractivity contribution in [2.45, 2.75) is 0 Å². The van der Waals surface area contributed by atoms with E-state index in [4.69, 9.17) is 0 Å². The van der Waals surface area contributed by atoms with Gasteiger partial charge in [0, 0.05) is 65.8 Å². The Morgan fingerprint density at radius 1 is 0.258 bits per heavy atom. The highest BCUT2D eigenvalue weighted by Gasteiger charge is 2.29. The molecule has 0 radical (unpaired) electrons. The zero-order valence-electron chi connectivity index (χ0n) is 33.6. The Bertz CT molecular complexity index is 3940. The molecule has 62 heavy (non-hydrogen) atoms. The quantitative estimate of drug-likeness (QED) is 0.167. The van der Waals surface area contributed by atoms with Crippen LogP contribution in [0.1, 0.15) is 0 Å². The summed E-state index contributed by atoms with van der Waals surface area (Å²) in [6, 6.07) is 79.8. The maximum absolute atomic E-state index is 2.58. The van der Waals surface area contributed by atoms with Gasteiger partial charge in [0.1, 0.15) is 0 Å². The first-order valence-corrected chi connectivity index (χ1v) is 21.4. The lowest BCUT2D eigenvalue weighted by Crippen LogP contribution is -2.10. The number of aromatic nitrogens is 2. The molecule has 0 aliphatic rings. The van der Waals surface area contributed by atoms with Gasteiger partial charge in [-0.25, -0.2) is 0 Å². The first-order valence-electron chi connectivity index (χ1n) is 21.4. The van der Waals surface area contributed by atoms with E-state index in [1.54, 1.807) is 0 Å². The Morgan fingerprint density at radius 2 is 0.645 bits per heavy atom. The number of rotatable bonds is 6. The molecule has 0 N–H and O–H groups in total. The van der Waals surface area contributed by atoms with Gasteiger partial charge in [-0.1, -0.05) is 140 Å². The fourth-order valence-electron chi connectivity index (χ4n) is 10.9. The zero-order chi connectivity index (χ0) is 40.5. The van der Waals surface area contributed by atoms with E-state index < -0.39 is 0 Å². The van der Waals surface area contributed by atoms with E-state index in [2.05, 4.69) is 237 Å². The predicted octanol–water partition coefficient (Wildman–Crippen LogP) is 16.1. The van der Waals surface area contributed by atoms with E-state index in [1.807, 2.05) is 0 Å². The van der Waals surface area contributed by atoms with Crippen LogP contribution in [0.5, 0.6) is 0 Å². The maximum atomic E-state index is 2.58. The minimum atomic E-state index is 1.12. The van der Waals surface area contributed by atoms with Crippen LogP contribution in [-0.2, 0) is 0 Å². The third-order valence-corrected chi connectivity index (χ3v) is 13.3. The van der Waals surface area contributed by atoms with Gasteiger partial charge >= 0.3 is 0 Å². The SMILES string of the molecule is c1ccc(N(c2ccccc2)c2cccc3c4cccc5c6c7c8cc9ccccc9c9c%10cccc(N(c%11ccccc%11)c%11ccccc%11)c%10n(c7ccc6n(c23)c45)c89)cc1. The molecule has 0 fully saturated rings. The molecule has 0 atom stereocenters. The monoisotopic (exact) mass is 788 g/mol. The van der Waals surface area contributed by atoms with E-state index in [-0.39, 0.29) is 0 Å². The van der Waals surface area contributed by atoms with Gasteiger partial charge in [-0.3, -0.25) is 0 Å². The molecule has 288 valence electrons. The summed E-state index contributed by atoms with van der Waals surface area (Å²) < 4.78 is 5.14. The van der Waals surface area contributed by atoms with Crippen LogP contribution in [0.2, 0.25) is 0 Å². The molecular weight excluding hydrogens is 753 g/mol. The van der Waals surface area contributed by atoms with Crippen LogP contribution in [0.4, 0.5) is 34.1 Å². The summed E-state index contributed by atoms with van der Waals surface area (Å²) in [6.45, 7) is 0. The molecule has 0 bridgehead atoms. The Hall–Kier alpha value is -8.34. The molecule has 4 heteroatoms. The normalized spacial score (nSPS) is 12.2. The van der Waals surface area contributed by atoms with E-state index in [9.17, 15) is 0 Å². The van der Waals surface area contributed by atoms with Gasteiger partial charge in [0.15, 0.2) is 0 Å². The average Bonchev–Trinajstić information content (AvgIpc) is 4.07. The number of anilines is 6. The van der Waals surface area contributed by atoms with Crippen molar-refractivity contribution in [3.8, 4) is 0 Å². The van der Waals surface area contributed by atoms with Crippen LogP contribution in [0.15, 0.2) is 218 Å². The first-order chi connectivity index (χ1) is 30.8. The highest BCUT2D eigenvalue weighted by Crippen LogP contribution is 2.52. The summed E-state index contributed by atoms with van der Waals surface area (Å²) >= 11 is 0. The zero-order valence-corrected chi connectivity index (χ0v) is 33.6. The standard InChI is InChI=1S/C58H36N4/c1-5-19-38(20-6-1)59(39-21-7-2-8-22-39)50-32-16-29-44-43-28-15-30-46-53-48(61(55(43)46)56(44)50)34-35-49-54(53)47-36-37-18-13-14-27-42(37)52-45-31-17-33-51(57(45)62(49)58(47)52)60(40-23-9-3-10-24-40)41-25-11-4-12-26-41/h1-36H. The van der Waals surface area contributed by atoms with Crippen molar-refractivity contribution in [3.63, 3.8) is 0 Å². The molecule has 14 aromatic rings. The molecule has 0 saturated carbocycles. The average molecular weight is 789 g/mol. The summed E-state index contributed by atoms with van der Waals surface area (Å²) in [4.78, 5) is 4.83. The van der Waals surface area contributed by atoms with Crippen molar-refractivity contribution >= 4 is 121 Å². The van der Waals surface area contributed by atoms with Crippen molar-refractivity contribution in [1.82, 2.24) is 8.80 Å². The lowest BCUT2D eigenvalue weighted by molar-refractivity contribution is 1.27. The lowest BCUT2D eigenvalue weighted by atomic mass is 9.98. The number of fused-ring (bicyclic) bond motifs is 15. The Labute approximate surface area is 356 Å². The molecule has 0 spiro atoms. The second-order valence-electron chi connectivity index (χ2n) is 16.5. The molecule has 0 aliphatic heterocycles. The van der Waals surface area contributed by atoms with E-state index in [0.29, 0.717) is 0 Å². The number of para-hydroxylation sites is 7. The second kappa shape index (κ2) is 12.6. The third kappa shape index (κ3) is 4.40. The van der Waals surface area contributed by atoms with Gasteiger partial charge in [-0.15, -0.1) is 0 Å². The summed E-state index contributed by atoms with van der Waals surface area (Å²) in [5, 5.41) is 12.7. The molecule has 14 rings (SSSR count). The first kappa shape index (κ1) is 33.5. The van der Waals surface area contributed by atoms with Crippen molar-refractivity contribution in [3.05, 3.63) is 218 Å². The van der Waals surface area contributed by atoms with Gasteiger partial charge in [0.05, 0.1) is 44.5 Å². The molecule has 4 nitrogen and oxygen atoms in total. The predicted molar refractivity (Wildman–Crippen MR) is 263 cm³/mol. The summed E-state index contributed by atoms with van der Waals surface area (Å²) in [7, 11) is 0. The molecule has 10 aromatic carbocycles. The van der Waals surface area contributed by atoms with Crippen molar-refractivity contribution in [2.24, 2.45) is 0 Å². The Morgan fingerprint density at radius 3 is 1.19 bits per heavy atom. The van der Waals surface area contributed by atoms with Gasteiger partial charge in [0.25, 0.3) is 0 Å². The molecule has 0 saturated heterocycles. The number of nitrogens with zero attached hydrogens (tertiary/aromatic N) is 4. The van der Waals surface area contributed by atoms with Gasteiger partial charge in [0.2, 0.25) is 0 Å². The molecule has 4 aromatic heterocycles. The van der Waals surface area contributed by atoms with E-state index in [0.717, 1.165) is 34.1 Å². The van der Waals surface area contributed by atoms with Crippen LogP contribution in [0.3, 0.4) is 0 Å². The Kier molecular flexibility index (Phi) is 6.80. The molecule has 0 aliphatic carbocycles. The van der Waals surface area contributed by atoms with Crippen LogP contribution in [0, 0.1) is 0 Å². The molecule has 0 amide bonds. The fraction of sp³-hybridized carbons (Fsp3) is 0. The highest BCUT2D eigenvalue weighted by molar-refractivity contribution is 6.39. The van der Waals surface area contributed by atoms with Gasteiger partial charge in [-0.05, 0) is 89.6 Å². The van der Waals surface area contributed by atoms with Crippen molar-refractivity contribution in [2.75, 3.05) is 9.80 Å². The number of benzene rings is 10. The van der Waals surface area contributed by atoms with Crippen LogP contribution >= 0.6 is 0 Å². The topological polar surface area (TPSA) is 15.3 Å². The minimum Gasteiger partial charge on any atom is -0.308 e. The smallest absolute Gasteiger partial charge is 0.0783 e. The summed E-state index contributed by atoms with van der Waals surface area (Å²) in [6.07, 6.45) is 0. The third-order valence-electron chi connectivity index (χ3n) is 13.3. The van der Waals surface area contributed by atoms with Gasteiger partial charge < -0.3 is 18.6 Å². The molecular formula is C58H36N4. The van der Waals surface area contributed by atoms with Crippen LogP contribution in [0.25, 0.3) is 87.0 Å². The van der Waals surface area contributed by atoms with Crippen molar-refractivity contribution in [1.29, 1.82) is 0 Å². The van der Waals surface area contributed by atoms with E-state index in [1.165, 1.54) is 87.0 Å². The van der Waals surface area contributed by atoms with E-state index >= 15 is 0 Å². The summed E-state index contributed by atoms with van der Waals surface area (Å²) in [5.41, 5.74) is 14.1. The molecule has 4 heterocycles. The van der Waals surface area contributed by atoms with Gasteiger partial charge in [-0.2, -0.15) is 0 Å². The molecule has 0 unspecified atom stereocenters. The lowest BCUT2D eigenvalue weighted by Gasteiger charge is -2.26.